The van der Waals surface area contributed by atoms with Gasteiger partial charge in [0.05, 0.1) is 34.0 Å². The summed E-state index contributed by atoms with van der Waals surface area (Å²) in [6.45, 7) is 6.62. The molecule has 5 rings (SSSR count). The molecule has 0 radical (unpaired) electrons. The van der Waals surface area contributed by atoms with E-state index in [1.165, 1.54) is 27.4 Å². The third-order valence-electron chi connectivity index (χ3n) is 10.1. The van der Waals surface area contributed by atoms with E-state index in [1.54, 1.807) is 31.4 Å². The molecule has 4 aromatic carbocycles. The Morgan fingerprint density at radius 1 is 0.768 bits per heavy atom. The van der Waals surface area contributed by atoms with E-state index >= 15 is 0 Å². The number of rotatable bonds is 19. The van der Waals surface area contributed by atoms with Crippen molar-refractivity contribution in [1.82, 2.24) is 0 Å². The molecule has 0 fully saturated rings. The van der Waals surface area contributed by atoms with Gasteiger partial charge in [0.2, 0.25) is 6.10 Å². The van der Waals surface area contributed by atoms with Crippen LogP contribution in [0.25, 0.3) is 6.08 Å². The van der Waals surface area contributed by atoms with Crippen LogP contribution in [0.4, 0.5) is 0 Å². The molecule has 0 bridgehead atoms. The maximum Gasteiger partial charge on any atom is 0.347 e. The minimum atomic E-state index is -2.48. The quantitative estimate of drug-likeness (QED) is 0.0517. The molecule has 0 saturated carbocycles. The third-order valence-corrected chi connectivity index (χ3v) is 14.7. The van der Waals surface area contributed by atoms with E-state index in [4.69, 9.17) is 37.6 Å². The van der Waals surface area contributed by atoms with Crippen molar-refractivity contribution in [2.24, 2.45) is 0 Å². The average molecular weight is 783 g/mol. The molecule has 4 aromatic rings. The van der Waals surface area contributed by atoms with Crippen molar-refractivity contribution < 1.29 is 52.0 Å². The zero-order valence-corrected chi connectivity index (χ0v) is 34.0. The van der Waals surface area contributed by atoms with E-state index in [9.17, 15) is 14.4 Å². The molecule has 0 aliphatic carbocycles. The molecular formula is C44H50O11Si. The van der Waals surface area contributed by atoms with Crippen molar-refractivity contribution >= 4 is 32.1 Å². The standard InChI is InChI=1S/C44H50O11Si/c1-8-56(9-2,10-3)55-40(38-34(48-4)23-24-35(49-5)41(38)53-28-30-19-15-12-16-20-30)33(45)22-21-31-25-32-26-36(43(46)51-7)54-44(47)37(32)42(50-6)39(31)52-27-29-17-13-11-14-18-29/h11-25,36,40H,8-10,26-28H2,1-7H3/b22-21+. The summed E-state index contributed by atoms with van der Waals surface area (Å²) >= 11 is 0. The van der Waals surface area contributed by atoms with Gasteiger partial charge in [-0.05, 0) is 65.2 Å². The van der Waals surface area contributed by atoms with Crippen molar-refractivity contribution in [3.63, 3.8) is 0 Å². The highest BCUT2D eigenvalue weighted by Crippen LogP contribution is 2.46. The van der Waals surface area contributed by atoms with Crippen LogP contribution < -0.4 is 23.7 Å². The second-order valence-electron chi connectivity index (χ2n) is 13.2. The molecule has 2 atom stereocenters. The van der Waals surface area contributed by atoms with Gasteiger partial charge < -0.3 is 37.6 Å². The highest BCUT2D eigenvalue weighted by Gasteiger charge is 2.39. The SMILES string of the molecule is CC[Si](CC)(CC)OC(C(=O)/C=C/c1cc2c(c(OC)c1OCc1ccccc1)C(=O)OC(C(=O)OC)C2)c1c(OC)ccc(OC)c1OCc1ccccc1. The molecule has 0 amide bonds. The highest BCUT2D eigenvalue weighted by molar-refractivity contribution is 6.73. The number of methoxy groups -OCH3 is 4. The van der Waals surface area contributed by atoms with Crippen LogP contribution in [0.2, 0.25) is 18.1 Å². The lowest BCUT2D eigenvalue weighted by Gasteiger charge is -2.33. The second kappa shape index (κ2) is 19.3. The molecular weight excluding hydrogens is 733 g/mol. The molecule has 12 heteroatoms. The van der Waals surface area contributed by atoms with Crippen LogP contribution in [-0.2, 0) is 43.1 Å². The molecule has 1 aliphatic rings. The Balaban J connectivity index is 1.66. The normalized spacial score (nSPS) is 14.3. The molecule has 56 heavy (non-hydrogen) atoms. The van der Waals surface area contributed by atoms with Gasteiger partial charge in [-0.2, -0.15) is 0 Å². The summed E-state index contributed by atoms with van der Waals surface area (Å²) < 4.78 is 47.7. The first-order chi connectivity index (χ1) is 27.2. The fourth-order valence-electron chi connectivity index (χ4n) is 6.79. The Bertz CT molecular complexity index is 2000. The highest BCUT2D eigenvalue weighted by atomic mass is 28.4. The average Bonchev–Trinajstić information content (AvgIpc) is 3.24. The van der Waals surface area contributed by atoms with Crippen molar-refractivity contribution in [3.8, 4) is 28.7 Å². The summed E-state index contributed by atoms with van der Waals surface area (Å²) in [5.74, 6) is -0.330. The van der Waals surface area contributed by atoms with E-state index in [0.29, 0.717) is 33.9 Å². The van der Waals surface area contributed by atoms with Crippen molar-refractivity contribution in [3.05, 3.63) is 118 Å². The molecule has 11 nitrogen and oxygen atoms in total. The summed E-state index contributed by atoms with van der Waals surface area (Å²) in [7, 11) is 3.25. The molecule has 0 spiro atoms. The van der Waals surface area contributed by atoms with Crippen LogP contribution in [-0.4, -0.2) is 60.6 Å². The summed E-state index contributed by atoms with van der Waals surface area (Å²) in [5.41, 5.74) is 3.25. The Morgan fingerprint density at radius 3 is 1.88 bits per heavy atom. The van der Waals surface area contributed by atoms with Crippen LogP contribution >= 0.6 is 0 Å². The minimum absolute atomic E-state index is 0.0321. The Labute approximate surface area is 329 Å². The van der Waals surface area contributed by atoms with Crippen LogP contribution in [0, 0.1) is 0 Å². The van der Waals surface area contributed by atoms with Crippen molar-refractivity contribution in [2.75, 3.05) is 28.4 Å². The second-order valence-corrected chi connectivity index (χ2v) is 17.9. The van der Waals surface area contributed by atoms with Gasteiger partial charge in [0.25, 0.3) is 0 Å². The van der Waals surface area contributed by atoms with Crippen LogP contribution in [0.3, 0.4) is 0 Å². The van der Waals surface area contributed by atoms with E-state index < -0.39 is 32.5 Å². The Morgan fingerprint density at radius 2 is 1.34 bits per heavy atom. The number of hydrogen-bond donors (Lipinski definition) is 0. The van der Waals surface area contributed by atoms with Crippen LogP contribution in [0.1, 0.15) is 65.1 Å². The third kappa shape index (κ3) is 9.26. The predicted molar refractivity (Wildman–Crippen MR) is 214 cm³/mol. The van der Waals surface area contributed by atoms with Crippen molar-refractivity contribution in [1.29, 1.82) is 0 Å². The number of hydrogen-bond acceptors (Lipinski definition) is 11. The predicted octanol–water partition coefficient (Wildman–Crippen LogP) is 8.47. The van der Waals surface area contributed by atoms with Crippen molar-refractivity contribution in [2.45, 2.75) is 70.7 Å². The fourth-order valence-corrected chi connectivity index (χ4v) is 9.52. The number of carbonyl (C=O) groups excluding carboxylic acids is 3. The molecule has 1 aliphatic heterocycles. The molecule has 0 N–H and O–H groups in total. The van der Waals surface area contributed by atoms with Gasteiger partial charge in [0.15, 0.2) is 37.1 Å². The molecule has 0 saturated heterocycles. The lowest BCUT2D eigenvalue weighted by atomic mass is 9.93. The van der Waals surface area contributed by atoms with Gasteiger partial charge in [-0.3, -0.25) is 4.79 Å². The smallest absolute Gasteiger partial charge is 0.347 e. The summed E-state index contributed by atoms with van der Waals surface area (Å²) in [4.78, 5) is 40.7. The maximum atomic E-state index is 14.9. The molecule has 1 heterocycles. The molecule has 2 unspecified atom stereocenters. The number of fused-ring (bicyclic) bond motifs is 1. The lowest BCUT2D eigenvalue weighted by Crippen LogP contribution is -2.39. The molecule has 0 aromatic heterocycles. The van der Waals surface area contributed by atoms with E-state index in [0.717, 1.165) is 29.3 Å². The van der Waals surface area contributed by atoms with Gasteiger partial charge in [0.1, 0.15) is 30.6 Å². The summed E-state index contributed by atoms with van der Waals surface area (Å²) in [6.07, 6.45) is 0.784. The van der Waals surface area contributed by atoms with Gasteiger partial charge in [-0.25, -0.2) is 9.59 Å². The molecule has 296 valence electrons. The fraction of sp³-hybridized carbons (Fsp3) is 0.341. The monoisotopic (exact) mass is 782 g/mol. The van der Waals surface area contributed by atoms with Gasteiger partial charge in [0, 0.05) is 12.0 Å². The number of carbonyl (C=O) groups is 3. The lowest BCUT2D eigenvalue weighted by molar-refractivity contribution is -0.151. The van der Waals surface area contributed by atoms with Gasteiger partial charge in [-0.1, -0.05) is 81.4 Å². The number of ether oxygens (including phenoxy) is 7. The number of cyclic esters (lactones) is 1. The first-order valence-electron chi connectivity index (χ1n) is 18.7. The summed E-state index contributed by atoms with van der Waals surface area (Å²) in [5, 5.41) is 0. The van der Waals surface area contributed by atoms with E-state index in [-0.39, 0.29) is 42.5 Å². The van der Waals surface area contributed by atoms with Crippen LogP contribution in [0.5, 0.6) is 28.7 Å². The zero-order valence-electron chi connectivity index (χ0n) is 33.0. The Kier molecular flexibility index (Phi) is 14.3. The zero-order chi connectivity index (χ0) is 40.2. The topological polar surface area (TPSA) is 125 Å². The summed E-state index contributed by atoms with van der Waals surface area (Å²) in [6, 6.07) is 26.7. The number of ketones is 1. The van der Waals surface area contributed by atoms with Gasteiger partial charge in [-0.15, -0.1) is 0 Å². The maximum absolute atomic E-state index is 14.9. The Hall–Kier alpha value is -5.59. The number of benzene rings is 4. The number of esters is 2. The minimum Gasteiger partial charge on any atom is -0.496 e. The largest absolute Gasteiger partial charge is 0.496 e. The van der Waals surface area contributed by atoms with Crippen LogP contribution in [0.15, 0.2) is 84.9 Å². The van der Waals surface area contributed by atoms with Gasteiger partial charge >= 0.3 is 11.9 Å². The first-order valence-corrected chi connectivity index (χ1v) is 21.2. The first kappa shape index (κ1) is 41.6. The van der Waals surface area contributed by atoms with E-state index in [1.807, 2.05) is 60.7 Å². The van der Waals surface area contributed by atoms with E-state index in [2.05, 4.69) is 20.8 Å².